The third-order valence-electron chi connectivity index (χ3n) is 5.54. The van der Waals surface area contributed by atoms with Crippen molar-refractivity contribution in [1.29, 1.82) is 0 Å². The zero-order valence-electron chi connectivity index (χ0n) is 17.0. The molecule has 29 heavy (non-hydrogen) atoms. The number of imidazole rings is 1. The summed E-state index contributed by atoms with van der Waals surface area (Å²) in [6.45, 7) is 5.66. The second-order valence-corrected chi connectivity index (χ2v) is 7.57. The Bertz CT molecular complexity index is 1120. The van der Waals surface area contributed by atoms with Crippen LogP contribution in [0.2, 0.25) is 0 Å². The van der Waals surface area contributed by atoms with E-state index in [1.807, 2.05) is 0 Å². The molecule has 4 rings (SSSR count). The highest BCUT2D eigenvalue weighted by atomic mass is 16.5. The molecule has 156 valence electrons. The second kappa shape index (κ2) is 7.91. The standard InChI is InChI=1S/C18H26N8O3/c1-22-8-10-25(11-9-22)6-5-14-20-13(21-29-14)4-7-26-12-19-16-15(26)17(27)24(3)18(28)23(16)2/h12H,4-11H2,1-3H3. The summed E-state index contributed by atoms with van der Waals surface area (Å²) in [5, 5.41) is 4.06. The molecule has 11 heteroatoms. The average molecular weight is 402 g/mol. The molecule has 0 radical (unpaired) electrons. The number of nitrogens with zero attached hydrogens (tertiary/aromatic N) is 8. The van der Waals surface area contributed by atoms with Crippen molar-refractivity contribution in [3.8, 4) is 0 Å². The molecule has 1 aliphatic heterocycles. The molecule has 3 aromatic rings. The van der Waals surface area contributed by atoms with E-state index in [9.17, 15) is 9.59 Å². The van der Waals surface area contributed by atoms with Crippen LogP contribution < -0.4 is 11.2 Å². The van der Waals surface area contributed by atoms with Gasteiger partial charge in [0.25, 0.3) is 5.56 Å². The second-order valence-electron chi connectivity index (χ2n) is 7.57. The lowest BCUT2D eigenvalue weighted by Crippen LogP contribution is -2.45. The van der Waals surface area contributed by atoms with Crippen molar-refractivity contribution in [3.63, 3.8) is 0 Å². The van der Waals surface area contributed by atoms with Gasteiger partial charge in [0.1, 0.15) is 0 Å². The molecule has 1 aliphatic rings. The number of hydrogen-bond acceptors (Lipinski definition) is 8. The minimum atomic E-state index is -0.393. The van der Waals surface area contributed by atoms with Crippen molar-refractivity contribution in [2.24, 2.45) is 14.1 Å². The number of aryl methyl sites for hydroxylation is 3. The van der Waals surface area contributed by atoms with Crippen LogP contribution in [0.25, 0.3) is 11.2 Å². The van der Waals surface area contributed by atoms with Crippen molar-refractivity contribution in [2.75, 3.05) is 39.8 Å². The zero-order valence-corrected chi connectivity index (χ0v) is 17.0. The van der Waals surface area contributed by atoms with E-state index in [0.717, 1.165) is 43.7 Å². The van der Waals surface area contributed by atoms with E-state index in [4.69, 9.17) is 4.52 Å². The summed E-state index contributed by atoms with van der Waals surface area (Å²) in [6.07, 6.45) is 2.81. The molecule has 0 bridgehead atoms. The van der Waals surface area contributed by atoms with Crippen LogP contribution >= 0.6 is 0 Å². The van der Waals surface area contributed by atoms with Crippen molar-refractivity contribution >= 4 is 11.2 Å². The maximum absolute atomic E-state index is 12.5. The molecule has 1 saturated heterocycles. The van der Waals surface area contributed by atoms with Gasteiger partial charge in [0.05, 0.1) is 6.33 Å². The molecule has 4 heterocycles. The highest BCUT2D eigenvalue weighted by Gasteiger charge is 2.17. The van der Waals surface area contributed by atoms with Gasteiger partial charge in [-0.1, -0.05) is 5.16 Å². The fraction of sp³-hybridized carbons (Fsp3) is 0.611. The SMILES string of the molecule is CN1CCN(CCc2nc(CCn3cnc4c3c(=O)n(C)c(=O)n4C)no2)CC1. The van der Waals surface area contributed by atoms with Crippen LogP contribution in [0.4, 0.5) is 0 Å². The summed E-state index contributed by atoms with van der Waals surface area (Å²) < 4.78 is 9.57. The molecule has 0 amide bonds. The zero-order chi connectivity index (χ0) is 20.5. The molecule has 0 aromatic carbocycles. The summed E-state index contributed by atoms with van der Waals surface area (Å²) in [7, 11) is 5.21. The lowest BCUT2D eigenvalue weighted by Gasteiger charge is -2.31. The topological polar surface area (TPSA) is 107 Å². The predicted molar refractivity (Wildman–Crippen MR) is 106 cm³/mol. The van der Waals surface area contributed by atoms with E-state index in [-0.39, 0.29) is 5.56 Å². The molecule has 0 saturated carbocycles. The lowest BCUT2D eigenvalue weighted by molar-refractivity contribution is 0.152. The van der Waals surface area contributed by atoms with E-state index in [1.54, 1.807) is 17.9 Å². The molecule has 0 N–H and O–H groups in total. The van der Waals surface area contributed by atoms with Gasteiger partial charge < -0.3 is 18.9 Å². The van der Waals surface area contributed by atoms with Crippen LogP contribution in [0, 0.1) is 0 Å². The first kappa shape index (κ1) is 19.5. The van der Waals surface area contributed by atoms with E-state index in [0.29, 0.717) is 35.8 Å². The monoisotopic (exact) mass is 402 g/mol. The van der Waals surface area contributed by atoms with Gasteiger partial charge in [-0.05, 0) is 7.05 Å². The first-order chi connectivity index (χ1) is 13.9. The highest BCUT2D eigenvalue weighted by Crippen LogP contribution is 2.08. The van der Waals surface area contributed by atoms with Crippen molar-refractivity contribution in [3.05, 3.63) is 38.9 Å². The van der Waals surface area contributed by atoms with Crippen LogP contribution in [0.15, 0.2) is 20.4 Å². The lowest BCUT2D eigenvalue weighted by atomic mass is 10.3. The molecule has 3 aromatic heterocycles. The van der Waals surface area contributed by atoms with E-state index in [1.165, 1.54) is 11.6 Å². The summed E-state index contributed by atoms with van der Waals surface area (Å²) in [5.41, 5.74) is 0.0185. The Balaban J connectivity index is 1.40. The summed E-state index contributed by atoms with van der Waals surface area (Å²) in [4.78, 5) is 37.9. The Labute approximate surface area is 167 Å². The quantitative estimate of drug-likeness (QED) is 0.509. The molecular formula is C18H26N8O3. The van der Waals surface area contributed by atoms with Gasteiger partial charge in [0, 0.05) is 66.2 Å². The van der Waals surface area contributed by atoms with Crippen LogP contribution in [0.1, 0.15) is 11.7 Å². The van der Waals surface area contributed by atoms with Crippen molar-refractivity contribution in [1.82, 2.24) is 38.6 Å². The number of hydrogen-bond donors (Lipinski definition) is 0. The maximum Gasteiger partial charge on any atom is 0.332 e. The van der Waals surface area contributed by atoms with E-state index in [2.05, 4.69) is 32.0 Å². The largest absolute Gasteiger partial charge is 0.339 e. The molecule has 0 unspecified atom stereocenters. The van der Waals surface area contributed by atoms with Gasteiger partial charge >= 0.3 is 5.69 Å². The van der Waals surface area contributed by atoms with E-state index < -0.39 is 5.69 Å². The fourth-order valence-electron chi connectivity index (χ4n) is 3.61. The smallest absolute Gasteiger partial charge is 0.332 e. The van der Waals surface area contributed by atoms with Crippen molar-refractivity contribution in [2.45, 2.75) is 19.4 Å². The first-order valence-electron chi connectivity index (χ1n) is 9.77. The van der Waals surface area contributed by atoms with Crippen LogP contribution in [-0.2, 0) is 33.5 Å². The fourth-order valence-corrected chi connectivity index (χ4v) is 3.61. The summed E-state index contributed by atoms with van der Waals surface area (Å²) >= 11 is 0. The van der Waals surface area contributed by atoms with Gasteiger partial charge in [-0.2, -0.15) is 4.98 Å². The van der Waals surface area contributed by atoms with Gasteiger partial charge in [0.15, 0.2) is 17.0 Å². The average Bonchev–Trinajstić information content (AvgIpc) is 3.35. The Hall–Kier alpha value is -2.79. The van der Waals surface area contributed by atoms with E-state index >= 15 is 0 Å². The Morgan fingerprint density at radius 1 is 1.00 bits per heavy atom. The van der Waals surface area contributed by atoms with Crippen LogP contribution in [0.3, 0.4) is 0 Å². The molecule has 0 atom stereocenters. The van der Waals surface area contributed by atoms with Crippen molar-refractivity contribution < 1.29 is 4.52 Å². The van der Waals surface area contributed by atoms with Gasteiger partial charge in [-0.3, -0.25) is 13.9 Å². The van der Waals surface area contributed by atoms with Gasteiger partial charge in [-0.15, -0.1) is 0 Å². The third-order valence-corrected chi connectivity index (χ3v) is 5.54. The number of likely N-dealkylation sites (N-methyl/N-ethyl adjacent to an activating group) is 1. The molecule has 11 nitrogen and oxygen atoms in total. The van der Waals surface area contributed by atoms with Crippen LogP contribution in [0.5, 0.6) is 0 Å². The number of rotatable bonds is 6. The third kappa shape index (κ3) is 3.87. The molecule has 1 fully saturated rings. The Morgan fingerprint density at radius 3 is 2.52 bits per heavy atom. The first-order valence-corrected chi connectivity index (χ1v) is 9.77. The molecular weight excluding hydrogens is 376 g/mol. The number of aromatic nitrogens is 6. The van der Waals surface area contributed by atoms with Crippen LogP contribution in [-0.4, -0.2) is 78.4 Å². The summed E-state index contributed by atoms with van der Waals surface area (Å²) in [6, 6.07) is 0. The molecule has 0 aliphatic carbocycles. The normalized spacial score (nSPS) is 16.1. The minimum absolute atomic E-state index is 0.360. The van der Waals surface area contributed by atoms with Gasteiger partial charge in [0.2, 0.25) is 5.89 Å². The number of fused-ring (bicyclic) bond motifs is 1. The summed E-state index contributed by atoms with van der Waals surface area (Å²) in [5.74, 6) is 1.23. The molecule has 0 spiro atoms. The maximum atomic E-state index is 12.5. The predicted octanol–water partition coefficient (Wildman–Crippen LogP) is -1.15. The Kier molecular flexibility index (Phi) is 5.33. The van der Waals surface area contributed by atoms with Gasteiger partial charge in [-0.25, -0.2) is 9.78 Å². The Morgan fingerprint density at radius 2 is 1.76 bits per heavy atom. The highest BCUT2D eigenvalue weighted by molar-refractivity contribution is 5.69. The minimum Gasteiger partial charge on any atom is -0.339 e. The number of piperazine rings is 1.